The molecule has 0 saturated heterocycles. The molecule has 0 heterocycles. The van der Waals surface area contributed by atoms with Crippen LogP contribution in [0.15, 0.2) is 0 Å². The van der Waals surface area contributed by atoms with Gasteiger partial charge in [-0.15, -0.1) is 0 Å². The fraction of sp³-hybridized carbons (Fsp3) is 1.00. The van der Waals surface area contributed by atoms with Crippen LogP contribution in [0.25, 0.3) is 0 Å². The van der Waals surface area contributed by atoms with E-state index in [9.17, 15) is 5.11 Å². The molecule has 0 aromatic rings. The van der Waals surface area contributed by atoms with Gasteiger partial charge in [0.05, 0.1) is 6.10 Å². The molecule has 62 valence electrons. The number of rotatable bonds is 2. The zero-order valence-electron chi connectivity index (χ0n) is 7.26. The second-order valence-electron chi connectivity index (χ2n) is 3.97. The quantitative estimate of drug-likeness (QED) is 0.610. The molecule has 0 saturated carbocycles. The number of aliphatic hydroxyl groups excluding tert-OH is 2. The van der Waals surface area contributed by atoms with Crippen LogP contribution in [0.5, 0.6) is 0 Å². The molecule has 0 spiro atoms. The summed E-state index contributed by atoms with van der Waals surface area (Å²) in [6, 6.07) is 0. The van der Waals surface area contributed by atoms with E-state index in [1.807, 2.05) is 27.7 Å². The topological polar surface area (TPSA) is 40.5 Å². The Kier molecular flexibility index (Phi) is 3.33. The first kappa shape index (κ1) is 9.92. The summed E-state index contributed by atoms with van der Waals surface area (Å²) in [5.74, 6) is -0.0278. The summed E-state index contributed by atoms with van der Waals surface area (Å²) in [7, 11) is 0. The second-order valence-corrected chi connectivity index (χ2v) is 3.97. The van der Waals surface area contributed by atoms with Crippen molar-refractivity contribution in [2.75, 3.05) is 6.61 Å². The zero-order chi connectivity index (χ0) is 8.36. The van der Waals surface area contributed by atoms with Crippen LogP contribution in [0, 0.1) is 11.3 Å². The largest absolute Gasteiger partial charge is 0.396 e. The van der Waals surface area contributed by atoms with Crippen molar-refractivity contribution in [1.82, 2.24) is 0 Å². The van der Waals surface area contributed by atoms with Gasteiger partial charge in [-0.05, 0) is 5.41 Å². The lowest BCUT2D eigenvalue weighted by Gasteiger charge is -2.29. The van der Waals surface area contributed by atoms with Gasteiger partial charge in [0.1, 0.15) is 0 Å². The first-order valence-corrected chi connectivity index (χ1v) is 3.68. The van der Waals surface area contributed by atoms with Crippen LogP contribution in [0.4, 0.5) is 0 Å². The summed E-state index contributed by atoms with van der Waals surface area (Å²) in [5.41, 5.74) is -0.123. The first-order valence-electron chi connectivity index (χ1n) is 3.68. The van der Waals surface area contributed by atoms with Gasteiger partial charge < -0.3 is 10.2 Å². The number of hydrogen-bond acceptors (Lipinski definition) is 2. The highest BCUT2D eigenvalue weighted by Crippen LogP contribution is 2.24. The second kappa shape index (κ2) is 3.35. The van der Waals surface area contributed by atoms with Crippen LogP contribution in [-0.2, 0) is 0 Å². The van der Waals surface area contributed by atoms with E-state index in [0.29, 0.717) is 0 Å². The molecule has 10 heavy (non-hydrogen) atoms. The minimum Gasteiger partial charge on any atom is -0.396 e. The average molecular weight is 146 g/mol. The van der Waals surface area contributed by atoms with Crippen LogP contribution >= 0.6 is 0 Å². The fourth-order valence-electron chi connectivity index (χ4n) is 0.953. The van der Waals surface area contributed by atoms with Gasteiger partial charge >= 0.3 is 0 Å². The maximum absolute atomic E-state index is 9.49. The van der Waals surface area contributed by atoms with Crippen LogP contribution in [0.3, 0.4) is 0 Å². The van der Waals surface area contributed by atoms with Crippen molar-refractivity contribution in [3.05, 3.63) is 0 Å². The molecule has 0 aromatic heterocycles. The van der Waals surface area contributed by atoms with E-state index in [0.717, 1.165) is 0 Å². The molecule has 0 aliphatic heterocycles. The third kappa shape index (κ3) is 2.67. The highest BCUT2D eigenvalue weighted by atomic mass is 16.3. The van der Waals surface area contributed by atoms with Crippen molar-refractivity contribution in [3.8, 4) is 0 Å². The molecule has 2 unspecified atom stereocenters. The van der Waals surface area contributed by atoms with Gasteiger partial charge in [-0.2, -0.15) is 0 Å². The molecule has 0 aliphatic carbocycles. The normalized spacial score (nSPS) is 18.6. The summed E-state index contributed by atoms with van der Waals surface area (Å²) in [6.45, 7) is 7.78. The predicted molar refractivity (Wildman–Crippen MR) is 41.7 cm³/mol. The smallest absolute Gasteiger partial charge is 0.0635 e. The van der Waals surface area contributed by atoms with Gasteiger partial charge in [0.2, 0.25) is 0 Å². The van der Waals surface area contributed by atoms with E-state index in [-0.39, 0.29) is 17.9 Å². The average Bonchev–Trinajstić information content (AvgIpc) is 1.83. The van der Waals surface area contributed by atoms with Crippen molar-refractivity contribution in [2.45, 2.75) is 33.8 Å². The third-order valence-electron chi connectivity index (χ3n) is 1.71. The Morgan fingerprint density at radius 3 is 1.80 bits per heavy atom. The van der Waals surface area contributed by atoms with Gasteiger partial charge in [-0.3, -0.25) is 0 Å². The maximum atomic E-state index is 9.49. The van der Waals surface area contributed by atoms with Crippen molar-refractivity contribution in [2.24, 2.45) is 11.3 Å². The minimum absolute atomic E-state index is 0.0278. The van der Waals surface area contributed by atoms with E-state index in [1.54, 1.807) is 0 Å². The molecule has 0 amide bonds. The number of hydrogen-bond donors (Lipinski definition) is 2. The van der Waals surface area contributed by atoms with Crippen molar-refractivity contribution in [3.63, 3.8) is 0 Å². The van der Waals surface area contributed by atoms with E-state index in [2.05, 4.69) is 0 Å². The van der Waals surface area contributed by atoms with E-state index < -0.39 is 6.10 Å². The molecular formula is C8H18O2. The standard InChI is InChI=1S/C8H18O2/c1-6(5-9)7(10)8(2,3)4/h6-7,9-10H,5H2,1-4H3. The van der Waals surface area contributed by atoms with Crippen molar-refractivity contribution < 1.29 is 10.2 Å². The molecule has 2 N–H and O–H groups in total. The highest BCUT2D eigenvalue weighted by molar-refractivity contribution is 4.76. The Labute approximate surface area is 62.9 Å². The molecule has 2 atom stereocenters. The highest BCUT2D eigenvalue weighted by Gasteiger charge is 2.26. The lowest BCUT2D eigenvalue weighted by molar-refractivity contribution is -0.00245. The van der Waals surface area contributed by atoms with Crippen LogP contribution in [0.1, 0.15) is 27.7 Å². The summed E-state index contributed by atoms with van der Waals surface area (Å²) < 4.78 is 0. The lowest BCUT2D eigenvalue weighted by atomic mass is 9.82. The van der Waals surface area contributed by atoms with Crippen LogP contribution < -0.4 is 0 Å². The minimum atomic E-state index is -0.419. The Bertz CT molecular complexity index is 93.9. The van der Waals surface area contributed by atoms with Crippen LogP contribution in [0.2, 0.25) is 0 Å². The van der Waals surface area contributed by atoms with Crippen LogP contribution in [-0.4, -0.2) is 22.9 Å². The molecule has 0 radical (unpaired) electrons. The summed E-state index contributed by atoms with van der Waals surface area (Å²) in [5, 5.41) is 18.2. The summed E-state index contributed by atoms with van der Waals surface area (Å²) in [4.78, 5) is 0. The molecule has 0 aliphatic rings. The Balaban J connectivity index is 3.94. The van der Waals surface area contributed by atoms with E-state index >= 15 is 0 Å². The molecule has 0 fully saturated rings. The van der Waals surface area contributed by atoms with Gasteiger partial charge in [0.25, 0.3) is 0 Å². The molecular weight excluding hydrogens is 128 g/mol. The lowest BCUT2D eigenvalue weighted by Crippen LogP contribution is -2.33. The maximum Gasteiger partial charge on any atom is 0.0635 e. The third-order valence-corrected chi connectivity index (χ3v) is 1.71. The zero-order valence-corrected chi connectivity index (χ0v) is 7.26. The summed E-state index contributed by atoms with van der Waals surface area (Å²) in [6.07, 6.45) is -0.419. The first-order chi connectivity index (χ1) is 4.39. The molecule has 0 aromatic carbocycles. The van der Waals surface area contributed by atoms with Gasteiger partial charge in [-0.25, -0.2) is 0 Å². The van der Waals surface area contributed by atoms with E-state index in [1.165, 1.54) is 0 Å². The summed E-state index contributed by atoms with van der Waals surface area (Å²) >= 11 is 0. The van der Waals surface area contributed by atoms with Crippen molar-refractivity contribution >= 4 is 0 Å². The molecule has 2 heteroatoms. The molecule has 2 nitrogen and oxygen atoms in total. The van der Waals surface area contributed by atoms with Crippen molar-refractivity contribution in [1.29, 1.82) is 0 Å². The van der Waals surface area contributed by atoms with Gasteiger partial charge in [0, 0.05) is 12.5 Å². The Hall–Kier alpha value is -0.0800. The Morgan fingerprint density at radius 1 is 1.30 bits per heavy atom. The molecule has 0 bridgehead atoms. The SMILES string of the molecule is CC(CO)C(O)C(C)(C)C. The van der Waals surface area contributed by atoms with E-state index in [4.69, 9.17) is 5.11 Å². The monoisotopic (exact) mass is 146 g/mol. The number of aliphatic hydroxyl groups is 2. The van der Waals surface area contributed by atoms with Gasteiger partial charge in [-0.1, -0.05) is 27.7 Å². The Morgan fingerprint density at radius 2 is 1.70 bits per heavy atom. The predicted octanol–water partition coefficient (Wildman–Crippen LogP) is 1.02. The van der Waals surface area contributed by atoms with Gasteiger partial charge in [0.15, 0.2) is 0 Å². The fourth-order valence-corrected chi connectivity index (χ4v) is 0.953. The molecule has 0 rings (SSSR count).